The molecule has 2 heterocycles. The molecule has 132 valence electrons. The number of aliphatic hydroxyl groups excluding tert-OH is 1. The SMILES string of the molecule is OCCCc1nc2n(n1)[C@H](c1ccccc1)C=C(c1ccc(Br)cc1)N2. The Balaban J connectivity index is 1.75. The van der Waals surface area contributed by atoms with Crippen molar-refractivity contribution in [3.05, 3.63) is 82.1 Å². The maximum atomic E-state index is 9.08. The van der Waals surface area contributed by atoms with E-state index in [0.29, 0.717) is 12.8 Å². The zero-order valence-electron chi connectivity index (χ0n) is 14.1. The summed E-state index contributed by atoms with van der Waals surface area (Å²) in [5.41, 5.74) is 3.27. The van der Waals surface area contributed by atoms with E-state index in [2.05, 4.69) is 61.7 Å². The second-order valence-electron chi connectivity index (χ2n) is 6.19. The van der Waals surface area contributed by atoms with Crippen LogP contribution in [0, 0.1) is 0 Å². The molecule has 4 rings (SSSR count). The molecule has 1 atom stereocenters. The minimum Gasteiger partial charge on any atom is -0.396 e. The number of hydrogen-bond donors (Lipinski definition) is 2. The Hall–Kier alpha value is -2.44. The summed E-state index contributed by atoms with van der Waals surface area (Å²) in [4.78, 5) is 4.64. The summed E-state index contributed by atoms with van der Waals surface area (Å²) < 4.78 is 2.97. The summed E-state index contributed by atoms with van der Waals surface area (Å²) in [6.07, 6.45) is 3.50. The van der Waals surface area contributed by atoms with Crippen molar-refractivity contribution in [3.63, 3.8) is 0 Å². The number of anilines is 1. The molecule has 0 radical (unpaired) electrons. The third-order valence-corrected chi connectivity index (χ3v) is 4.89. The highest BCUT2D eigenvalue weighted by molar-refractivity contribution is 9.10. The molecule has 6 heteroatoms. The predicted molar refractivity (Wildman–Crippen MR) is 106 cm³/mol. The number of nitrogens with zero attached hydrogens (tertiary/aromatic N) is 3. The summed E-state index contributed by atoms with van der Waals surface area (Å²) in [6, 6.07) is 18.5. The van der Waals surface area contributed by atoms with Gasteiger partial charge in [0.2, 0.25) is 5.95 Å². The van der Waals surface area contributed by atoms with Gasteiger partial charge < -0.3 is 10.4 Å². The van der Waals surface area contributed by atoms with Crippen LogP contribution in [0.25, 0.3) is 5.70 Å². The van der Waals surface area contributed by atoms with Gasteiger partial charge in [-0.3, -0.25) is 0 Å². The van der Waals surface area contributed by atoms with E-state index in [1.165, 1.54) is 0 Å². The Bertz CT molecular complexity index is 919. The first-order valence-electron chi connectivity index (χ1n) is 8.60. The molecule has 0 fully saturated rings. The number of fused-ring (bicyclic) bond motifs is 1. The van der Waals surface area contributed by atoms with E-state index in [1.54, 1.807) is 0 Å². The van der Waals surface area contributed by atoms with E-state index in [4.69, 9.17) is 5.11 Å². The van der Waals surface area contributed by atoms with Crippen LogP contribution in [0.4, 0.5) is 5.95 Å². The van der Waals surface area contributed by atoms with E-state index in [0.717, 1.165) is 33.1 Å². The van der Waals surface area contributed by atoms with Crippen LogP contribution in [0.2, 0.25) is 0 Å². The van der Waals surface area contributed by atoms with Crippen LogP contribution in [0.15, 0.2) is 65.1 Å². The largest absolute Gasteiger partial charge is 0.396 e. The Morgan fingerprint density at radius 2 is 1.85 bits per heavy atom. The molecule has 5 nitrogen and oxygen atoms in total. The van der Waals surface area contributed by atoms with Crippen molar-refractivity contribution in [2.24, 2.45) is 0 Å². The van der Waals surface area contributed by atoms with Crippen molar-refractivity contribution >= 4 is 27.6 Å². The van der Waals surface area contributed by atoms with Gasteiger partial charge in [0.05, 0.1) is 0 Å². The molecule has 26 heavy (non-hydrogen) atoms. The van der Waals surface area contributed by atoms with Crippen molar-refractivity contribution in [1.29, 1.82) is 0 Å². The Labute approximate surface area is 160 Å². The lowest BCUT2D eigenvalue weighted by Crippen LogP contribution is -2.20. The molecule has 0 saturated carbocycles. The first kappa shape index (κ1) is 17.0. The topological polar surface area (TPSA) is 63.0 Å². The molecule has 0 amide bonds. The quantitative estimate of drug-likeness (QED) is 0.666. The van der Waals surface area contributed by atoms with Crippen LogP contribution in [0.3, 0.4) is 0 Å². The lowest BCUT2D eigenvalue weighted by atomic mass is 10.0. The number of benzene rings is 2. The lowest BCUT2D eigenvalue weighted by molar-refractivity contribution is 0.287. The maximum Gasteiger partial charge on any atom is 0.226 e. The van der Waals surface area contributed by atoms with E-state index in [-0.39, 0.29) is 12.6 Å². The van der Waals surface area contributed by atoms with E-state index in [9.17, 15) is 0 Å². The van der Waals surface area contributed by atoms with Crippen molar-refractivity contribution in [3.8, 4) is 0 Å². The monoisotopic (exact) mass is 410 g/mol. The Morgan fingerprint density at radius 1 is 1.08 bits per heavy atom. The number of hydrogen-bond acceptors (Lipinski definition) is 4. The van der Waals surface area contributed by atoms with Crippen molar-refractivity contribution in [2.45, 2.75) is 18.9 Å². The van der Waals surface area contributed by atoms with Crippen molar-refractivity contribution in [1.82, 2.24) is 14.8 Å². The summed E-state index contributed by atoms with van der Waals surface area (Å²) in [7, 11) is 0. The van der Waals surface area contributed by atoms with E-state index < -0.39 is 0 Å². The minimum atomic E-state index is -0.0264. The molecule has 0 bridgehead atoms. The van der Waals surface area contributed by atoms with Gasteiger partial charge in [0, 0.05) is 23.2 Å². The average Bonchev–Trinajstić information content (AvgIpc) is 3.09. The molecule has 0 unspecified atom stereocenters. The van der Waals surface area contributed by atoms with Gasteiger partial charge in [-0.15, -0.1) is 0 Å². The molecule has 1 aliphatic rings. The number of nitrogens with one attached hydrogen (secondary N) is 1. The molecular formula is C20H19BrN4O. The molecule has 0 saturated heterocycles. The Kier molecular flexibility index (Phi) is 4.86. The zero-order chi connectivity index (χ0) is 17.9. The summed E-state index contributed by atoms with van der Waals surface area (Å²) in [5.74, 6) is 1.47. The van der Waals surface area contributed by atoms with Crippen LogP contribution >= 0.6 is 15.9 Å². The van der Waals surface area contributed by atoms with Crippen LogP contribution < -0.4 is 5.32 Å². The van der Waals surface area contributed by atoms with Gasteiger partial charge in [-0.2, -0.15) is 10.1 Å². The van der Waals surface area contributed by atoms with Gasteiger partial charge in [-0.05, 0) is 35.8 Å². The van der Waals surface area contributed by atoms with Crippen molar-refractivity contribution in [2.75, 3.05) is 11.9 Å². The third kappa shape index (κ3) is 3.43. The normalized spacial score (nSPS) is 15.9. The van der Waals surface area contributed by atoms with Gasteiger partial charge in [0.25, 0.3) is 0 Å². The van der Waals surface area contributed by atoms with Gasteiger partial charge >= 0.3 is 0 Å². The third-order valence-electron chi connectivity index (χ3n) is 4.36. The first-order chi connectivity index (χ1) is 12.7. The predicted octanol–water partition coefficient (Wildman–Crippen LogP) is 4.02. The zero-order valence-corrected chi connectivity index (χ0v) is 15.7. The van der Waals surface area contributed by atoms with Crippen LogP contribution in [0.1, 0.15) is 29.4 Å². The standard InChI is InChI=1S/C20H19BrN4O/c21-16-10-8-14(9-11-16)17-13-18(15-5-2-1-3-6-15)25-20(22-17)23-19(24-25)7-4-12-26/h1-3,5-6,8-11,13,18,26H,4,7,12H2,(H,22,23,24)/t18-/m0/s1. The van der Waals surface area contributed by atoms with Gasteiger partial charge in [0.15, 0.2) is 5.82 Å². The highest BCUT2D eigenvalue weighted by atomic mass is 79.9. The smallest absolute Gasteiger partial charge is 0.226 e. The van der Waals surface area contributed by atoms with Crippen LogP contribution in [-0.4, -0.2) is 26.5 Å². The fraction of sp³-hybridized carbons (Fsp3) is 0.200. The molecule has 2 aromatic carbocycles. The number of aliphatic hydroxyl groups is 1. The highest BCUT2D eigenvalue weighted by Crippen LogP contribution is 2.32. The van der Waals surface area contributed by atoms with E-state index in [1.807, 2.05) is 35.0 Å². The second-order valence-corrected chi connectivity index (χ2v) is 7.11. The molecule has 1 aromatic heterocycles. The molecule has 0 aliphatic carbocycles. The number of halogens is 1. The minimum absolute atomic E-state index is 0.0264. The molecule has 3 aromatic rings. The Morgan fingerprint density at radius 3 is 2.58 bits per heavy atom. The molecule has 2 N–H and O–H groups in total. The maximum absolute atomic E-state index is 9.08. The van der Waals surface area contributed by atoms with Gasteiger partial charge in [-0.25, -0.2) is 4.68 Å². The number of allylic oxidation sites excluding steroid dienone is 1. The molecular weight excluding hydrogens is 392 g/mol. The summed E-state index contributed by atoms with van der Waals surface area (Å²) >= 11 is 3.48. The van der Waals surface area contributed by atoms with Crippen LogP contribution in [-0.2, 0) is 6.42 Å². The summed E-state index contributed by atoms with van der Waals surface area (Å²) in [5, 5.41) is 17.2. The van der Waals surface area contributed by atoms with Gasteiger partial charge in [-0.1, -0.05) is 58.4 Å². The second kappa shape index (κ2) is 7.43. The summed E-state index contributed by atoms with van der Waals surface area (Å²) in [6.45, 7) is 0.141. The highest BCUT2D eigenvalue weighted by Gasteiger charge is 2.25. The lowest BCUT2D eigenvalue weighted by Gasteiger charge is -2.24. The number of rotatable bonds is 5. The van der Waals surface area contributed by atoms with Crippen LogP contribution in [0.5, 0.6) is 0 Å². The average molecular weight is 411 g/mol. The fourth-order valence-electron chi connectivity index (χ4n) is 3.07. The molecule has 1 aliphatic heterocycles. The van der Waals surface area contributed by atoms with Crippen molar-refractivity contribution < 1.29 is 5.11 Å². The van der Waals surface area contributed by atoms with E-state index >= 15 is 0 Å². The number of aromatic nitrogens is 3. The first-order valence-corrected chi connectivity index (χ1v) is 9.40. The number of aryl methyl sites for hydroxylation is 1. The molecule has 0 spiro atoms. The fourth-order valence-corrected chi connectivity index (χ4v) is 3.33. The van der Waals surface area contributed by atoms with Gasteiger partial charge in [0.1, 0.15) is 6.04 Å².